The molecule has 0 aliphatic carbocycles. The summed E-state index contributed by atoms with van der Waals surface area (Å²) in [7, 11) is 3.52. The fourth-order valence-electron chi connectivity index (χ4n) is 8.47. The van der Waals surface area contributed by atoms with Crippen LogP contribution >= 0.6 is 0 Å². The molecule has 0 fully saturated rings. The number of allylic oxidation sites excluding steroid dienone is 2. The molecule has 316 valence electrons. The van der Waals surface area contributed by atoms with Gasteiger partial charge in [0.05, 0.1) is 34.3 Å². The van der Waals surface area contributed by atoms with Gasteiger partial charge < -0.3 is 20.2 Å². The first-order chi connectivity index (χ1) is 31.2. The second-order valence-corrected chi connectivity index (χ2v) is 14.9. The summed E-state index contributed by atoms with van der Waals surface area (Å²) < 4.78 is 4.80. The van der Waals surface area contributed by atoms with Gasteiger partial charge in [0.15, 0.2) is 0 Å². The van der Waals surface area contributed by atoms with Crippen molar-refractivity contribution >= 4 is 43.6 Å². The van der Waals surface area contributed by atoms with Crippen LogP contribution < -0.4 is 16.4 Å². The molecule has 63 heavy (non-hydrogen) atoms. The lowest BCUT2D eigenvalue weighted by Crippen LogP contribution is -2.35. The molecule has 0 aliphatic heterocycles. The van der Waals surface area contributed by atoms with Crippen LogP contribution in [-0.2, 0) is 0 Å². The second-order valence-electron chi connectivity index (χ2n) is 14.9. The first kappa shape index (κ1) is 44.0. The largest absolute Gasteiger partial charge is 0.333 e. The highest BCUT2D eigenvalue weighted by Gasteiger charge is 2.21. The molecule has 2 heterocycles. The highest BCUT2D eigenvalue weighted by atomic mass is 15.1. The highest BCUT2D eigenvalue weighted by Crippen LogP contribution is 2.38. The summed E-state index contributed by atoms with van der Waals surface area (Å²) in [4.78, 5) is 0. The number of hydrogen-bond acceptors (Lipinski definition) is 3. The molecule has 10 rings (SSSR count). The van der Waals surface area contributed by atoms with Crippen molar-refractivity contribution in [2.45, 2.75) is 39.9 Å². The van der Waals surface area contributed by atoms with Crippen molar-refractivity contribution in [3.8, 4) is 22.5 Å². The molecule has 5 nitrogen and oxygen atoms in total. The van der Waals surface area contributed by atoms with E-state index in [9.17, 15) is 0 Å². The zero-order valence-corrected chi connectivity index (χ0v) is 37.3. The minimum Gasteiger partial charge on any atom is -0.333 e. The van der Waals surface area contributed by atoms with Gasteiger partial charge in [0.2, 0.25) is 0 Å². The van der Waals surface area contributed by atoms with Gasteiger partial charge in [-0.2, -0.15) is 0 Å². The molecule has 0 saturated heterocycles. The van der Waals surface area contributed by atoms with Gasteiger partial charge in [0, 0.05) is 32.9 Å². The van der Waals surface area contributed by atoms with E-state index in [1.807, 2.05) is 46.9 Å². The van der Waals surface area contributed by atoms with Crippen LogP contribution in [0.2, 0.25) is 0 Å². The van der Waals surface area contributed by atoms with Crippen LogP contribution in [0.3, 0.4) is 0 Å². The standard InChI is InChI=1S/C51H40N4.C4H8.C2H6.CH5N/c1-52-51(53-50(35-16-5-2-6-17-35)36-18-7-3-8-19-36)39-20-15-23-41(32-39)55-47-27-14-12-25-43(47)45-33-37(29-31-48(45)55)38-28-30-44-42-24-11-13-26-46(42)54(49(44)34-38)40-21-9-4-10-22-40;1-3-4-2;2*1-2/h2-34,50-53H,1H3;3-4H,1-2H3;1-2H3;2H2,1H3/b;4-3-;;. The SMILES string of the molecule is C/C=C\C.CC.CN.CNC(NC(c1ccccc1)c1ccccc1)c1cccc(-n2c3ccccc3c3cc(-c4ccc5c6ccccc6n(-c6ccccc6)c5c4)ccc32)c1. The number of aromatic nitrogens is 2. The Hall–Kier alpha value is -7.02. The summed E-state index contributed by atoms with van der Waals surface area (Å²) in [5.41, 5.74) is 17.6. The van der Waals surface area contributed by atoms with Gasteiger partial charge in [-0.15, -0.1) is 0 Å². The molecular formula is C58H59N5. The van der Waals surface area contributed by atoms with E-state index in [2.05, 4.69) is 226 Å². The summed E-state index contributed by atoms with van der Waals surface area (Å²) in [5.74, 6) is 0. The molecule has 0 radical (unpaired) electrons. The van der Waals surface area contributed by atoms with Crippen LogP contribution in [0.5, 0.6) is 0 Å². The Morgan fingerprint density at radius 3 is 1.44 bits per heavy atom. The third-order valence-electron chi connectivity index (χ3n) is 11.4. The molecular weight excluding hydrogens is 767 g/mol. The minimum absolute atomic E-state index is 0.0170. The van der Waals surface area contributed by atoms with Crippen molar-refractivity contribution in [3.05, 3.63) is 229 Å². The zero-order chi connectivity index (χ0) is 44.1. The van der Waals surface area contributed by atoms with Gasteiger partial charge in [0.25, 0.3) is 0 Å². The lowest BCUT2D eigenvalue weighted by Gasteiger charge is -2.27. The normalized spacial score (nSPS) is 11.6. The fourth-order valence-corrected chi connectivity index (χ4v) is 8.47. The molecule has 10 aromatic rings. The molecule has 2 aromatic heterocycles. The van der Waals surface area contributed by atoms with E-state index in [1.165, 1.54) is 78.5 Å². The number of nitrogens with two attached hydrogens (primary N) is 1. The molecule has 1 unspecified atom stereocenters. The fraction of sp³-hybridized carbons (Fsp3) is 0.138. The molecule has 4 N–H and O–H groups in total. The minimum atomic E-state index is -0.0912. The number of fused-ring (bicyclic) bond motifs is 6. The maximum atomic E-state index is 4.50. The highest BCUT2D eigenvalue weighted by molar-refractivity contribution is 6.12. The first-order valence-corrected chi connectivity index (χ1v) is 22.1. The molecule has 8 aromatic carbocycles. The summed E-state index contributed by atoms with van der Waals surface area (Å²) in [6.07, 6.45) is 3.91. The number of rotatable bonds is 9. The summed E-state index contributed by atoms with van der Waals surface area (Å²) in [5, 5.41) is 12.5. The van der Waals surface area contributed by atoms with Crippen LogP contribution in [-0.4, -0.2) is 23.2 Å². The second kappa shape index (κ2) is 21.2. The third-order valence-corrected chi connectivity index (χ3v) is 11.4. The molecule has 0 spiro atoms. The maximum absolute atomic E-state index is 4.50. The van der Waals surface area contributed by atoms with Crippen LogP contribution in [0.25, 0.3) is 66.1 Å². The van der Waals surface area contributed by atoms with Crippen molar-refractivity contribution < 1.29 is 0 Å². The van der Waals surface area contributed by atoms with Crippen LogP contribution in [0.15, 0.2) is 212 Å². The number of nitrogens with zero attached hydrogens (tertiary/aromatic N) is 2. The van der Waals surface area contributed by atoms with Crippen LogP contribution in [0.1, 0.15) is 56.6 Å². The average molecular weight is 826 g/mol. The summed E-state index contributed by atoms with van der Waals surface area (Å²) in [6.45, 7) is 8.00. The molecule has 0 bridgehead atoms. The van der Waals surface area contributed by atoms with Crippen molar-refractivity contribution in [3.63, 3.8) is 0 Å². The van der Waals surface area contributed by atoms with Gasteiger partial charge in [-0.3, -0.25) is 5.32 Å². The van der Waals surface area contributed by atoms with Crippen molar-refractivity contribution in [1.29, 1.82) is 0 Å². The predicted molar refractivity (Wildman–Crippen MR) is 272 cm³/mol. The number of hydrogen-bond donors (Lipinski definition) is 3. The summed E-state index contributed by atoms with van der Waals surface area (Å²) >= 11 is 0. The van der Waals surface area contributed by atoms with E-state index >= 15 is 0 Å². The van der Waals surface area contributed by atoms with E-state index in [4.69, 9.17) is 0 Å². The van der Waals surface area contributed by atoms with Gasteiger partial charge >= 0.3 is 0 Å². The first-order valence-electron chi connectivity index (χ1n) is 22.1. The Morgan fingerprint density at radius 2 is 0.857 bits per heavy atom. The van der Waals surface area contributed by atoms with E-state index in [-0.39, 0.29) is 12.2 Å². The Morgan fingerprint density at radius 1 is 0.413 bits per heavy atom. The Kier molecular flexibility index (Phi) is 14.8. The van der Waals surface area contributed by atoms with Crippen LogP contribution in [0, 0.1) is 0 Å². The lowest BCUT2D eigenvalue weighted by molar-refractivity contribution is 0.436. The Bertz CT molecular complexity index is 2990. The monoisotopic (exact) mass is 825 g/mol. The topological polar surface area (TPSA) is 59.9 Å². The van der Waals surface area contributed by atoms with Gasteiger partial charge in [-0.1, -0.05) is 172 Å². The Balaban J connectivity index is 0.000000697. The van der Waals surface area contributed by atoms with E-state index in [1.54, 1.807) is 0 Å². The maximum Gasteiger partial charge on any atom is 0.0841 e. The number of benzene rings is 8. The molecule has 0 amide bonds. The van der Waals surface area contributed by atoms with E-state index in [0.717, 1.165) is 11.4 Å². The number of para-hydroxylation sites is 3. The van der Waals surface area contributed by atoms with Gasteiger partial charge in [-0.05, 0) is 110 Å². The van der Waals surface area contributed by atoms with Crippen molar-refractivity contribution in [2.24, 2.45) is 5.73 Å². The summed E-state index contributed by atoms with van der Waals surface area (Å²) in [6, 6.07) is 72.3. The molecule has 0 aliphatic rings. The quantitative estimate of drug-likeness (QED) is 0.100. The number of nitrogens with one attached hydrogen (secondary N) is 2. The lowest BCUT2D eigenvalue weighted by atomic mass is 9.97. The zero-order valence-electron chi connectivity index (χ0n) is 37.3. The smallest absolute Gasteiger partial charge is 0.0841 e. The third kappa shape index (κ3) is 9.13. The predicted octanol–water partition coefficient (Wildman–Crippen LogP) is 14.3. The van der Waals surface area contributed by atoms with Gasteiger partial charge in [-0.25, -0.2) is 0 Å². The Labute approximate surface area is 373 Å². The van der Waals surface area contributed by atoms with E-state index < -0.39 is 0 Å². The van der Waals surface area contributed by atoms with Crippen LogP contribution in [0.4, 0.5) is 0 Å². The van der Waals surface area contributed by atoms with Gasteiger partial charge in [0.1, 0.15) is 0 Å². The van der Waals surface area contributed by atoms with E-state index in [0.29, 0.717) is 0 Å². The molecule has 5 heteroatoms. The average Bonchev–Trinajstić information content (AvgIpc) is 3.88. The molecule has 0 saturated carbocycles. The van der Waals surface area contributed by atoms with Crippen molar-refractivity contribution in [1.82, 2.24) is 19.8 Å². The van der Waals surface area contributed by atoms with Crippen molar-refractivity contribution in [2.75, 3.05) is 14.1 Å². The molecule has 1 atom stereocenters.